The highest BCUT2D eigenvalue weighted by Crippen LogP contribution is 2.35. The van der Waals surface area contributed by atoms with E-state index in [2.05, 4.69) is 10.3 Å². The molecule has 1 aliphatic heterocycles. The van der Waals surface area contributed by atoms with Gasteiger partial charge in [-0.1, -0.05) is 48.5 Å². The number of hydrogen-bond donors (Lipinski definition) is 1. The first-order valence-electron chi connectivity index (χ1n) is 10.4. The van der Waals surface area contributed by atoms with Crippen molar-refractivity contribution in [3.05, 3.63) is 106 Å². The molecule has 0 bridgehead atoms. The summed E-state index contributed by atoms with van der Waals surface area (Å²) in [6.45, 7) is 0.265. The Morgan fingerprint density at radius 3 is 2.59 bits per heavy atom. The number of amides is 2. The summed E-state index contributed by atoms with van der Waals surface area (Å²) >= 11 is 1.30. The van der Waals surface area contributed by atoms with Crippen LogP contribution in [0.25, 0.3) is 11.1 Å². The number of thiazole rings is 1. The highest BCUT2D eigenvalue weighted by molar-refractivity contribution is 7.13. The quantitative estimate of drug-likeness (QED) is 0.439. The Kier molecular flexibility index (Phi) is 5.62. The van der Waals surface area contributed by atoms with Crippen LogP contribution in [0.5, 0.6) is 0 Å². The van der Waals surface area contributed by atoms with Crippen LogP contribution >= 0.6 is 11.3 Å². The summed E-state index contributed by atoms with van der Waals surface area (Å²) in [5, 5.41) is 14.0. The molecule has 1 aliphatic rings. The number of hydrogen-bond acceptors (Lipinski definition) is 5. The number of nitrogens with one attached hydrogen (secondary N) is 1. The monoisotopic (exact) mass is 468 g/mol. The molecule has 0 radical (unpaired) electrons. The zero-order valence-electron chi connectivity index (χ0n) is 17.7. The van der Waals surface area contributed by atoms with E-state index in [0.717, 1.165) is 5.56 Å². The number of anilines is 1. The third-order valence-corrected chi connectivity index (χ3v) is 6.39. The smallest absolute Gasteiger partial charge is 0.255 e. The first-order valence-corrected chi connectivity index (χ1v) is 11.3. The van der Waals surface area contributed by atoms with E-state index < -0.39 is 11.9 Å². The molecular formula is C26H17FN4O2S. The van der Waals surface area contributed by atoms with Crippen LogP contribution in [-0.4, -0.2) is 21.7 Å². The fourth-order valence-corrected chi connectivity index (χ4v) is 4.60. The fourth-order valence-electron chi connectivity index (χ4n) is 4.06. The standard InChI is InChI=1S/C26H17FN4O2S/c27-22-13-18(6-8-19(22)14-28)17-7-9-20-15-31(25(33)21(20)12-17)23(16-4-2-1-3-5-16)24(32)30-26-29-10-11-34-26/h1-13,23H,15H2,(H,29,30,32). The highest BCUT2D eigenvalue weighted by atomic mass is 32.1. The molecule has 1 atom stereocenters. The molecular weight excluding hydrogens is 451 g/mol. The van der Waals surface area contributed by atoms with Gasteiger partial charge in [0.25, 0.3) is 11.8 Å². The number of carbonyl (C=O) groups excluding carboxylic acids is 2. The summed E-state index contributed by atoms with van der Waals surface area (Å²) in [6, 6.07) is 19.8. The van der Waals surface area contributed by atoms with Crippen molar-refractivity contribution in [2.24, 2.45) is 0 Å². The van der Waals surface area contributed by atoms with Gasteiger partial charge in [-0.25, -0.2) is 9.37 Å². The number of nitrogens with zero attached hydrogens (tertiary/aromatic N) is 3. The Morgan fingerprint density at radius 1 is 1.12 bits per heavy atom. The van der Waals surface area contributed by atoms with Crippen molar-refractivity contribution in [1.82, 2.24) is 9.88 Å². The maximum Gasteiger partial charge on any atom is 0.255 e. The number of benzene rings is 3. The molecule has 4 aromatic rings. The van der Waals surface area contributed by atoms with Gasteiger partial charge in [-0.2, -0.15) is 5.26 Å². The van der Waals surface area contributed by atoms with E-state index in [0.29, 0.717) is 27.4 Å². The number of aromatic nitrogens is 1. The van der Waals surface area contributed by atoms with E-state index >= 15 is 0 Å². The lowest BCUT2D eigenvalue weighted by Crippen LogP contribution is -2.37. The molecule has 0 saturated heterocycles. The van der Waals surface area contributed by atoms with Gasteiger partial charge in [0.15, 0.2) is 5.13 Å². The van der Waals surface area contributed by atoms with E-state index in [1.807, 2.05) is 42.5 Å². The predicted molar refractivity (Wildman–Crippen MR) is 126 cm³/mol. The Labute approximate surface area is 198 Å². The lowest BCUT2D eigenvalue weighted by molar-refractivity contribution is -0.120. The fraction of sp³-hybridized carbons (Fsp3) is 0.0769. The van der Waals surface area contributed by atoms with Crippen LogP contribution < -0.4 is 5.32 Å². The molecule has 0 fully saturated rings. The van der Waals surface area contributed by atoms with Crippen LogP contribution in [-0.2, 0) is 11.3 Å². The Balaban J connectivity index is 1.48. The number of nitriles is 1. The van der Waals surface area contributed by atoms with Crippen molar-refractivity contribution in [3.8, 4) is 17.2 Å². The summed E-state index contributed by atoms with van der Waals surface area (Å²) in [6.07, 6.45) is 1.60. The average Bonchev–Trinajstić information content (AvgIpc) is 3.48. The van der Waals surface area contributed by atoms with Crippen molar-refractivity contribution < 1.29 is 14.0 Å². The molecule has 1 aromatic heterocycles. The second kappa shape index (κ2) is 8.89. The molecule has 1 N–H and O–H groups in total. The molecule has 3 aromatic carbocycles. The molecule has 5 rings (SSSR count). The van der Waals surface area contributed by atoms with Crippen molar-refractivity contribution in [1.29, 1.82) is 5.26 Å². The molecule has 6 nitrogen and oxygen atoms in total. The van der Waals surface area contributed by atoms with Crippen molar-refractivity contribution in [3.63, 3.8) is 0 Å². The summed E-state index contributed by atoms with van der Waals surface area (Å²) in [5.74, 6) is -1.25. The normalized spacial score (nSPS) is 13.3. The summed E-state index contributed by atoms with van der Waals surface area (Å²) in [4.78, 5) is 32.4. The van der Waals surface area contributed by atoms with Gasteiger partial charge in [0.05, 0.1) is 5.56 Å². The van der Waals surface area contributed by atoms with Crippen molar-refractivity contribution in [2.75, 3.05) is 5.32 Å². The zero-order chi connectivity index (χ0) is 23.7. The topological polar surface area (TPSA) is 86.1 Å². The molecule has 0 saturated carbocycles. The van der Waals surface area contributed by atoms with Gasteiger partial charge in [-0.15, -0.1) is 11.3 Å². The van der Waals surface area contributed by atoms with E-state index in [9.17, 15) is 14.0 Å². The largest absolute Gasteiger partial charge is 0.318 e. The van der Waals surface area contributed by atoms with Gasteiger partial charge >= 0.3 is 0 Å². The minimum Gasteiger partial charge on any atom is -0.318 e. The number of halogens is 1. The lowest BCUT2D eigenvalue weighted by atomic mass is 9.99. The number of carbonyl (C=O) groups is 2. The third-order valence-electron chi connectivity index (χ3n) is 5.70. The predicted octanol–water partition coefficient (Wildman–Crippen LogP) is 5.16. The SMILES string of the molecule is N#Cc1ccc(-c2ccc3c(c2)C(=O)N(C(C(=O)Nc2nccs2)c2ccccc2)C3)cc1F. The van der Waals surface area contributed by atoms with Crippen LogP contribution in [0, 0.1) is 17.1 Å². The molecule has 2 heterocycles. The van der Waals surface area contributed by atoms with Gasteiger partial charge in [0.2, 0.25) is 0 Å². The Morgan fingerprint density at radius 2 is 1.88 bits per heavy atom. The van der Waals surface area contributed by atoms with E-state index in [1.54, 1.807) is 29.8 Å². The maximum atomic E-state index is 14.1. The van der Waals surface area contributed by atoms with Gasteiger partial charge in [-0.05, 0) is 40.5 Å². The molecule has 166 valence electrons. The second-order valence-electron chi connectivity index (χ2n) is 7.75. The number of rotatable bonds is 5. The average molecular weight is 469 g/mol. The third kappa shape index (κ3) is 3.93. The van der Waals surface area contributed by atoms with E-state index in [-0.39, 0.29) is 23.9 Å². The van der Waals surface area contributed by atoms with Gasteiger partial charge in [0, 0.05) is 23.7 Å². The van der Waals surface area contributed by atoms with Gasteiger partial charge < -0.3 is 4.90 Å². The van der Waals surface area contributed by atoms with Crippen LogP contribution in [0.3, 0.4) is 0 Å². The summed E-state index contributed by atoms with van der Waals surface area (Å²) in [5.41, 5.74) is 3.11. The van der Waals surface area contributed by atoms with Crippen molar-refractivity contribution >= 4 is 28.3 Å². The van der Waals surface area contributed by atoms with Crippen LogP contribution in [0.1, 0.15) is 33.1 Å². The highest BCUT2D eigenvalue weighted by Gasteiger charge is 2.37. The van der Waals surface area contributed by atoms with E-state index in [1.165, 1.54) is 28.4 Å². The summed E-state index contributed by atoms with van der Waals surface area (Å²) < 4.78 is 14.1. The Bertz CT molecular complexity index is 1430. The van der Waals surface area contributed by atoms with Crippen LogP contribution in [0.4, 0.5) is 9.52 Å². The van der Waals surface area contributed by atoms with Crippen LogP contribution in [0.2, 0.25) is 0 Å². The minimum atomic E-state index is -0.846. The first-order chi connectivity index (χ1) is 16.5. The van der Waals surface area contributed by atoms with Crippen molar-refractivity contribution in [2.45, 2.75) is 12.6 Å². The Hall–Kier alpha value is -4.35. The molecule has 2 amide bonds. The van der Waals surface area contributed by atoms with Gasteiger partial charge in [-0.3, -0.25) is 14.9 Å². The zero-order valence-corrected chi connectivity index (χ0v) is 18.6. The minimum absolute atomic E-state index is 0.0379. The van der Waals surface area contributed by atoms with E-state index in [4.69, 9.17) is 5.26 Å². The molecule has 1 unspecified atom stereocenters. The second-order valence-corrected chi connectivity index (χ2v) is 8.65. The molecule has 34 heavy (non-hydrogen) atoms. The lowest BCUT2D eigenvalue weighted by Gasteiger charge is -2.27. The molecule has 8 heteroatoms. The van der Waals surface area contributed by atoms with Crippen LogP contribution in [0.15, 0.2) is 78.3 Å². The maximum absolute atomic E-state index is 14.1. The molecule has 0 spiro atoms. The molecule has 0 aliphatic carbocycles. The summed E-state index contributed by atoms with van der Waals surface area (Å²) in [7, 11) is 0. The van der Waals surface area contributed by atoms with Gasteiger partial charge in [0.1, 0.15) is 17.9 Å². The first kappa shape index (κ1) is 21.5. The number of fused-ring (bicyclic) bond motifs is 1.